The Morgan fingerprint density at radius 2 is 2.20 bits per heavy atom. The Hall–Kier alpha value is -1.07. The molecule has 2 heterocycles. The maximum atomic E-state index is 11.5. The minimum Gasteiger partial charge on any atom is -0.481 e. The van der Waals surface area contributed by atoms with Gasteiger partial charge in [0.05, 0.1) is 21.8 Å². The molecule has 112 valence electrons. The molecule has 1 atom stereocenters. The smallest absolute Gasteiger partial charge is 0.310 e. The van der Waals surface area contributed by atoms with Gasteiger partial charge in [-0.15, -0.1) is 0 Å². The molecular formula is C14H22ClN3O2. The summed E-state index contributed by atoms with van der Waals surface area (Å²) in [6.07, 6.45) is 1.37. The minimum atomic E-state index is -0.686. The lowest BCUT2D eigenvalue weighted by atomic mass is 9.84. The van der Waals surface area contributed by atoms with E-state index in [9.17, 15) is 9.90 Å². The number of nitrogens with zero attached hydrogens (tertiary/aromatic N) is 3. The average Bonchev–Trinajstić information content (AvgIpc) is 2.96. The lowest BCUT2D eigenvalue weighted by Gasteiger charge is -2.23. The quantitative estimate of drug-likeness (QED) is 0.908. The highest BCUT2D eigenvalue weighted by Gasteiger charge is 2.43. The number of hydrogen-bond donors (Lipinski definition) is 1. The molecule has 0 aromatic carbocycles. The van der Waals surface area contributed by atoms with Gasteiger partial charge < -0.3 is 5.11 Å². The normalized spacial score (nSPS) is 23.4. The van der Waals surface area contributed by atoms with Gasteiger partial charge in [0.15, 0.2) is 0 Å². The molecule has 1 saturated heterocycles. The molecule has 20 heavy (non-hydrogen) atoms. The van der Waals surface area contributed by atoms with Crippen LogP contribution in [0.4, 0.5) is 0 Å². The number of carboxylic acids is 1. The number of halogens is 1. The summed E-state index contributed by atoms with van der Waals surface area (Å²) in [6, 6.07) is 0. The van der Waals surface area contributed by atoms with Crippen LogP contribution in [0.1, 0.15) is 38.1 Å². The predicted molar refractivity (Wildman–Crippen MR) is 77.9 cm³/mol. The number of carboxylic acid groups (broad SMARTS) is 1. The van der Waals surface area contributed by atoms with E-state index < -0.39 is 11.4 Å². The van der Waals surface area contributed by atoms with Crippen LogP contribution in [0.15, 0.2) is 0 Å². The number of aliphatic carboxylic acids is 1. The Morgan fingerprint density at radius 3 is 2.70 bits per heavy atom. The first-order valence-corrected chi connectivity index (χ1v) is 7.49. The average molecular weight is 300 g/mol. The zero-order chi connectivity index (χ0) is 14.9. The molecule has 1 fully saturated rings. The summed E-state index contributed by atoms with van der Waals surface area (Å²) >= 11 is 6.31. The third-order valence-corrected chi connectivity index (χ3v) is 4.88. The van der Waals surface area contributed by atoms with Crippen molar-refractivity contribution in [2.24, 2.45) is 5.41 Å². The van der Waals surface area contributed by atoms with Crippen LogP contribution in [0.3, 0.4) is 0 Å². The maximum Gasteiger partial charge on any atom is 0.310 e. The van der Waals surface area contributed by atoms with Gasteiger partial charge in [0, 0.05) is 19.6 Å². The van der Waals surface area contributed by atoms with Crippen LogP contribution in [0.5, 0.6) is 0 Å². The van der Waals surface area contributed by atoms with E-state index in [-0.39, 0.29) is 0 Å². The number of carbonyl (C=O) groups is 1. The standard InChI is InChI=1S/C14H22ClN3O2/c1-4-14(13(19)20)6-7-17(9-14)8-11-12(15)10(3)16-18(11)5-2/h4-9H2,1-3H3,(H,19,20). The van der Waals surface area contributed by atoms with Crippen LogP contribution >= 0.6 is 11.6 Å². The molecule has 1 aromatic heterocycles. The molecule has 0 spiro atoms. The van der Waals surface area contributed by atoms with Crippen molar-refractivity contribution in [1.29, 1.82) is 0 Å². The summed E-state index contributed by atoms with van der Waals surface area (Å²) in [5.41, 5.74) is 1.23. The molecule has 5 nitrogen and oxygen atoms in total. The first-order chi connectivity index (χ1) is 9.43. The van der Waals surface area contributed by atoms with Crippen LogP contribution in [-0.4, -0.2) is 38.8 Å². The van der Waals surface area contributed by atoms with E-state index in [1.165, 1.54) is 0 Å². The van der Waals surface area contributed by atoms with Crippen LogP contribution in [0.25, 0.3) is 0 Å². The van der Waals surface area contributed by atoms with Crippen molar-refractivity contribution in [1.82, 2.24) is 14.7 Å². The number of aryl methyl sites for hydroxylation is 2. The van der Waals surface area contributed by atoms with Crippen molar-refractivity contribution < 1.29 is 9.90 Å². The van der Waals surface area contributed by atoms with E-state index in [4.69, 9.17) is 11.6 Å². The van der Waals surface area contributed by atoms with Crippen molar-refractivity contribution in [2.45, 2.75) is 46.7 Å². The first kappa shape index (κ1) is 15.3. The number of likely N-dealkylation sites (tertiary alicyclic amines) is 1. The molecule has 1 unspecified atom stereocenters. The van der Waals surface area contributed by atoms with E-state index in [0.29, 0.717) is 31.0 Å². The monoisotopic (exact) mass is 299 g/mol. The van der Waals surface area contributed by atoms with Crippen LogP contribution in [0.2, 0.25) is 5.02 Å². The zero-order valence-corrected chi connectivity index (χ0v) is 13.1. The summed E-state index contributed by atoms with van der Waals surface area (Å²) in [7, 11) is 0. The maximum absolute atomic E-state index is 11.5. The van der Waals surface area contributed by atoms with E-state index >= 15 is 0 Å². The summed E-state index contributed by atoms with van der Waals surface area (Å²) in [5, 5.41) is 14.5. The van der Waals surface area contributed by atoms with E-state index in [0.717, 1.165) is 24.5 Å². The Kier molecular flexibility index (Phi) is 4.39. The highest BCUT2D eigenvalue weighted by Crippen LogP contribution is 2.35. The number of aromatic nitrogens is 2. The largest absolute Gasteiger partial charge is 0.481 e. The molecule has 1 aliphatic heterocycles. The second-order valence-electron chi connectivity index (χ2n) is 5.56. The van der Waals surface area contributed by atoms with Crippen LogP contribution in [-0.2, 0) is 17.9 Å². The van der Waals surface area contributed by atoms with Crippen molar-refractivity contribution in [2.75, 3.05) is 13.1 Å². The van der Waals surface area contributed by atoms with Gasteiger partial charge in [-0.25, -0.2) is 0 Å². The van der Waals surface area contributed by atoms with Gasteiger partial charge in [-0.05, 0) is 33.2 Å². The molecule has 0 bridgehead atoms. The predicted octanol–water partition coefficient (Wildman–Crippen LogP) is 2.55. The Labute approximate surface area is 124 Å². The fraction of sp³-hybridized carbons (Fsp3) is 0.714. The van der Waals surface area contributed by atoms with Gasteiger partial charge in [-0.3, -0.25) is 14.4 Å². The van der Waals surface area contributed by atoms with Gasteiger partial charge in [0.25, 0.3) is 0 Å². The van der Waals surface area contributed by atoms with Gasteiger partial charge >= 0.3 is 5.97 Å². The Bertz CT molecular complexity index is 515. The molecule has 1 aliphatic rings. The summed E-state index contributed by atoms with van der Waals surface area (Å²) < 4.78 is 1.91. The summed E-state index contributed by atoms with van der Waals surface area (Å²) in [4.78, 5) is 13.6. The summed E-state index contributed by atoms with van der Waals surface area (Å²) in [5.74, 6) is -0.686. The molecule has 1 aromatic rings. The van der Waals surface area contributed by atoms with Crippen molar-refractivity contribution >= 4 is 17.6 Å². The first-order valence-electron chi connectivity index (χ1n) is 7.11. The Morgan fingerprint density at radius 1 is 1.50 bits per heavy atom. The molecule has 2 rings (SSSR count). The van der Waals surface area contributed by atoms with Gasteiger partial charge in [0.1, 0.15) is 0 Å². The minimum absolute atomic E-state index is 0.586. The molecule has 0 amide bonds. The van der Waals surface area contributed by atoms with Crippen molar-refractivity contribution in [3.05, 3.63) is 16.4 Å². The highest BCUT2D eigenvalue weighted by atomic mass is 35.5. The highest BCUT2D eigenvalue weighted by molar-refractivity contribution is 6.31. The molecule has 0 radical (unpaired) electrons. The third kappa shape index (κ3) is 2.56. The Balaban J connectivity index is 2.15. The molecule has 1 N–H and O–H groups in total. The SMILES string of the molecule is CCn1nc(C)c(Cl)c1CN1CCC(CC)(C(=O)O)C1. The van der Waals surface area contributed by atoms with E-state index in [1.54, 1.807) is 0 Å². The lowest BCUT2D eigenvalue weighted by Crippen LogP contribution is -2.34. The van der Waals surface area contributed by atoms with Gasteiger partial charge in [-0.1, -0.05) is 18.5 Å². The molecule has 0 aliphatic carbocycles. The lowest BCUT2D eigenvalue weighted by molar-refractivity contribution is -0.148. The second kappa shape index (κ2) is 5.74. The van der Waals surface area contributed by atoms with Crippen LogP contribution in [0, 0.1) is 12.3 Å². The zero-order valence-electron chi connectivity index (χ0n) is 12.3. The summed E-state index contributed by atoms with van der Waals surface area (Å²) in [6.45, 7) is 8.70. The van der Waals surface area contributed by atoms with Crippen molar-refractivity contribution in [3.8, 4) is 0 Å². The van der Waals surface area contributed by atoms with Crippen molar-refractivity contribution in [3.63, 3.8) is 0 Å². The van der Waals surface area contributed by atoms with E-state index in [2.05, 4.69) is 10.00 Å². The molecule has 6 heteroatoms. The topological polar surface area (TPSA) is 58.4 Å². The van der Waals surface area contributed by atoms with Gasteiger partial charge in [0.2, 0.25) is 0 Å². The fourth-order valence-electron chi connectivity index (χ4n) is 2.94. The van der Waals surface area contributed by atoms with Crippen LogP contribution < -0.4 is 0 Å². The molecule has 0 saturated carbocycles. The second-order valence-corrected chi connectivity index (χ2v) is 5.94. The third-order valence-electron chi connectivity index (χ3n) is 4.39. The number of hydrogen-bond acceptors (Lipinski definition) is 3. The van der Waals surface area contributed by atoms with Gasteiger partial charge in [-0.2, -0.15) is 5.10 Å². The molecular weight excluding hydrogens is 278 g/mol. The number of rotatable bonds is 5. The van der Waals surface area contributed by atoms with E-state index in [1.807, 2.05) is 25.5 Å². The fourth-order valence-corrected chi connectivity index (χ4v) is 3.13.